The van der Waals surface area contributed by atoms with Gasteiger partial charge in [-0.3, -0.25) is 0 Å². The van der Waals surface area contributed by atoms with Gasteiger partial charge in [0.15, 0.2) is 0 Å². The molecular formula is C8H11NOSY-2. The maximum Gasteiger partial charge on any atom is 0.0382 e. The maximum absolute atomic E-state index is 8.87. The van der Waals surface area contributed by atoms with Crippen molar-refractivity contribution in [2.45, 2.75) is 6.92 Å². The van der Waals surface area contributed by atoms with Crippen LogP contribution in [0.4, 0.5) is 0 Å². The zero-order valence-electron chi connectivity index (χ0n) is 7.03. The molecule has 1 radical (unpaired) electrons. The Labute approximate surface area is 103 Å². The molecule has 1 aromatic heterocycles. The molecule has 0 unspecified atom stereocenters. The van der Waals surface area contributed by atoms with Gasteiger partial charge in [-0.15, -0.1) is 12.2 Å². The molecule has 0 aliphatic carbocycles. The largest absolute Gasteiger partial charge is 0.439 e. The molecule has 2 nitrogen and oxygen atoms in total. The molecule has 0 spiro atoms. The third-order valence-electron chi connectivity index (χ3n) is 1.01. The molecule has 0 saturated carbocycles. The van der Waals surface area contributed by atoms with E-state index in [4.69, 9.17) is 17.4 Å². The Morgan fingerprint density at radius 3 is 2.33 bits per heavy atom. The Morgan fingerprint density at radius 2 is 2.00 bits per heavy atom. The summed E-state index contributed by atoms with van der Waals surface area (Å²) in [6.07, 6.45) is 1.47. The van der Waals surface area contributed by atoms with E-state index in [-0.39, 0.29) is 32.7 Å². The van der Waals surface area contributed by atoms with E-state index in [1.165, 1.54) is 6.20 Å². The molecule has 0 aromatic carbocycles. The van der Waals surface area contributed by atoms with E-state index >= 15 is 0 Å². The standard InChI is InChI=1S/C6H6NOS.C2H5.Y/c1-5-3-2-4-7(8)6(5)9;1-2;/h2-4,8H,1H2;1H2,2H3;/q2*-1;. The first-order chi connectivity index (χ1) is 5.22. The summed E-state index contributed by atoms with van der Waals surface area (Å²) in [7, 11) is 0. The van der Waals surface area contributed by atoms with Crippen LogP contribution in [-0.4, -0.2) is 9.94 Å². The van der Waals surface area contributed by atoms with Crippen LogP contribution in [0.25, 0.3) is 0 Å². The van der Waals surface area contributed by atoms with E-state index in [1.54, 1.807) is 19.1 Å². The summed E-state index contributed by atoms with van der Waals surface area (Å²) in [5, 5.41) is 8.87. The summed E-state index contributed by atoms with van der Waals surface area (Å²) >= 11 is 4.74. The first kappa shape index (κ1) is 14.7. The molecule has 65 valence electrons. The van der Waals surface area contributed by atoms with Crippen molar-refractivity contribution in [3.8, 4) is 0 Å². The van der Waals surface area contributed by atoms with Gasteiger partial charge in [-0.25, -0.2) is 4.73 Å². The minimum absolute atomic E-state index is 0. The fraction of sp³-hybridized carbons (Fsp3) is 0.125. The summed E-state index contributed by atoms with van der Waals surface area (Å²) in [6.45, 7) is 8.60. The Balaban J connectivity index is 0. The molecule has 0 fully saturated rings. The second-order valence-corrected chi connectivity index (χ2v) is 2.07. The Bertz CT molecular complexity index is 249. The predicted molar refractivity (Wildman–Crippen MR) is 47.9 cm³/mol. The van der Waals surface area contributed by atoms with Gasteiger partial charge < -0.3 is 12.1 Å². The number of hydrogen-bond donors (Lipinski definition) is 1. The fourth-order valence-electron chi connectivity index (χ4n) is 0.527. The molecule has 1 rings (SSSR count). The second kappa shape index (κ2) is 7.78. The van der Waals surface area contributed by atoms with Crippen LogP contribution < -0.4 is 0 Å². The van der Waals surface area contributed by atoms with Gasteiger partial charge in [0.05, 0.1) is 0 Å². The zero-order chi connectivity index (χ0) is 8.85. The number of pyridine rings is 1. The number of rotatable bonds is 0. The van der Waals surface area contributed by atoms with Crippen molar-refractivity contribution in [3.05, 3.63) is 42.4 Å². The Morgan fingerprint density at radius 1 is 1.50 bits per heavy atom. The smallest absolute Gasteiger partial charge is 0.0382 e. The minimum Gasteiger partial charge on any atom is -0.439 e. The van der Waals surface area contributed by atoms with Crippen LogP contribution in [-0.2, 0) is 32.7 Å². The fourth-order valence-corrected chi connectivity index (χ4v) is 0.656. The number of hydrogen-bond acceptors (Lipinski definition) is 2. The minimum atomic E-state index is 0. The summed E-state index contributed by atoms with van der Waals surface area (Å²) in [5.74, 6) is 0. The molecule has 1 aromatic rings. The van der Waals surface area contributed by atoms with Crippen molar-refractivity contribution in [2.24, 2.45) is 0 Å². The molecule has 0 saturated heterocycles. The van der Waals surface area contributed by atoms with Gasteiger partial charge in [0.2, 0.25) is 0 Å². The molecule has 4 heteroatoms. The summed E-state index contributed by atoms with van der Waals surface area (Å²) in [4.78, 5) is 0. The van der Waals surface area contributed by atoms with Crippen molar-refractivity contribution >= 4 is 12.2 Å². The van der Waals surface area contributed by atoms with Crippen LogP contribution >= 0.6 is 12.2 Å². The molecule has 12 heavy (non-hydrogen) atoms. The van der Waals surface area contributed by atoms with Gasteiger partial charge >= 0.3 is 0 Å². The van der Waals surface area contributed by atoms with Crippen LogP contribution in [0.2, 0.25) is 0 Å². The van der Waals surface area contributed by atoms with Crippen molar-refractivity contribution in [1.82, 2.24) is 4.73 Å². The quantitative estimate of drug-likeness (QED) is 0.439. The zero-order valence-corrected chi connectivity index (χ0v) is 10.7. The van der Waals surface area contributed by atoms with E-state index < -0.39 is 0 Å². The average Bonchev–Trinajstić information content (AvgIpc) is 2.04. The van der Waals surface area contributed by atoms with Crippen LogP contribution in [0, 0.1) is 18.5 Å². The molecule has 1 heterocycles. The molecule has 0 bridgehead atoms. The van der Waals surface area contributed by atoms with Gasteiger partial charge in [-0.1, -0.05) is 6.07 Å². The van der Waals surface area contributed by atoms with E-state index in [1.807, 2.05) is 0 Å². The second-order valence-electron chi connectivity index (χ2n) is 1.68. The SMILES string of the molecule is [CH2-]C.[CH2-]c1cccn(O)c1=S.[Y]. The topological polar surface area (TPSA) is 25.2 Å². The molecule has 0 atom stereocenters. The summed E-state index contributed by atoms with van der Waals surface area (Å²) in [5.41, 5.74) is 0.662. The van der Waals surface area contributed by atoms with Crippen LogP contribution in [0.5, 0.6) is 0 Å². The third kappa shape index (κ3) is 4.24. The summed E-state index contributed by atoms with van der Waals surface area (Å²) in [6, 6.07) is 3.42. The monoisotopic (exact) mass is 258 g/mol. The van der Waals surface area contributed by atoms with Crippen molar-refractivity contribution in [1.29, 1.82) is 0 Å². The van der Waals surface area contributed by atoms with Crippen LogP contribution in [0.15, 0.2) is 18.3 Å². The van der Waals surface area contributed by atoms with Crippen molar-refractivity contribution in [2.75, 3.05) is 0 Å². The third-order valence-corrected chi connectivity index (χ3v) is 1.46. The number of nitrogens with zero attached hydrogens (tertiary/aromatic N) is 1. The van der Waals surface area contributed by atoms with Crippen molar-refractivity contribution < 1.29 is 37.9 Å². The van der Waals surface area contributed by atoms with E-state index in [9.17, 15) is 0 Å². The van der Waals surface area contributed by atoms with Crippen LogP contribution in [0.3, 0.4) is 0 Å². The maximum atomic E-state index is 8.87. The Kier molecular flexibility index (Phi) is 9.50. The summed E-state index contributed by atoms with van der Waals surface area (Å²) < 4.78 is 1.23. The van der Waals surface area contributed by atoms with Gasteiger partial charge in [0, 0.05) is 43.5 Å². The molecule has 0 amide bonds. The van der Waals surface area contributed by atoms with Gasteiger partial charge in [-0.2, -0.15) is 25.5 Å². The normalized spacial score (nSPS) is 7.50. The Hall–Kier alpha value is 0.144. The van der Waals surface area contributed by atoms with Gasteiger partial charge in [-0.05, 0) is 0 Å². The van der Waals surface area contributed by atoms with Gasteiger partial charge in [0.25, 0.3) is 0 Å². The van der Waals surface area contributed by atoms with Crippen molar-refractivity contribution in [3.63, 3.8) is 0 Å². The molecular weight excluding hydrogens is 247 g/mol. The predicted octanol–water partition coefficient (Wildman–Crippen LogP) is 2.47. The first-order valence-electron chi connectivity index (χ1n) is 3.15. The van der Waals surface area contributed by atoms with E-state index in [0.717, 1.165) is 4.73 Å². The molecule has 0 aliphatic rings. The number of aromatic nitrogens is 1. The van der Waals surface area contributed by atoms with E-state index in [2.05, 4.69) is 13.8 Å². The molecule has 1 N–H and O–H groups in total. The van der Waals surface area contributed by atoms with E-state index in [0.29, 0.717) is 10.2 Å². The first-order valence-corrected chi connectivity index (χ1v) is 3.56. The average molecular weight is 258 g/mol. The van der Waals surface area contributed by atoms with Gasteiger partial charge in [0.1, 0.15) is 0 Å². The van der Waals surface area contributed by atoms with Crippen LogP contribution in [0.1, 0.15) is 12.5 Å². The molecule has 0 aliphatic heterocycles.